The lowest BCUT2D eigenvalue weighted by atomic mass is 10.0. The minimum Gasteiger partial charge on any atom is -0.316 e. The van der Waals surface area contributed by atoms with Gasteiger partial charge in [0, 0.05) is 29.4 Å². The van der Waals surface area contributed by atoms with Crippen LogP contribution in [0.5, 0.6) is 0 Å². The minimum atomic E-state index is -3.50. The number of hydrogen-bond donors (Lipinski definition) is 0. The first kappa shape index (κ1) is 23.4. The molecule has 0 N–H and O–H groups in total. The molecule has 176 valence electrons. The molecule has 0 spiro atoms. The lowest BCUT2D eigenvalue weighted by Crippen LogP contribution is -2.39. The second-order valence-corrected chi connectivity index (χ2v) is 13.2. The molecule has 5 nitrogen and oxygen atoms in total. The molecule has 2 heterocycles. The Labute approximate surface area is 209 Å². The zero-order chi connectivity index (χ0) is 23.0. The van der Waals surface area contributed by atoms with Crippen LogP contribution in [0.15, 0.2) is 57.0 Å². The van der Waals surface area contributed by atoms with E-state index in [1.54, 1.807) is 28.2 Å². The summed E-state index contributed by atoms with van der Waals surface area (Å²) in [4.78, 5) is 5.32. The van der Waals surface area contributed by atoms with E-state index in [9.17, 15) is 8.42 Å². The Bertz CT molecular complexity index is 1230. The van der Waals surface area contributed by atoms with E-state index in [2.05, 4.69) is 51.7 Å². The number of benzene rings is 2. The summed E-state index contributed by atoms with van der Waals surface area (Å²) in [7, 11) is -3.50. The third kappa shape index (κ3) is 4.90. The summed E-state index contributed by atoms with van der Waals surface area (Å²) < 4.78 is 31.8. The van der Waals surface area contributed by atoms with Crippen LogP contribution in [-0.2, 0) is 15.8 Å². The Morgan fingerprint density at radius 1 is 1.06 bits per heavy atom. The molecule has 3 aromatic rings. The van der Waals surface area contributed by atoms with E-state index in [1.807, 2.05) is 6.07 Å². The van der Waals surface area contributed by atoms with Crippen molar-refractivity contribution in [1.82, 2.24) is 13.9 Å². The highest BCUT2D eigenvalue weighted by molar-refractivity contribution is 9.10. The van der Waals surface area contributed by atoms with E-state index < -0.39 is 10.0 Å². The molecule has 2 aromatic carbocycles. The van der Waals surface area contributed by atoms with Crippen molar-refractivity contribution in [2.45, 2.75) is 67.3 Å². The second-order valence-electron chi connectivity index (χ2n) is 9.38. The molecule has 8 heteroatoms. The van der Waals surface area contributed by atoms with Crippen LogP contribution in [0.3, 0.4) is 0 Å². The molecule has 1 aliphatic heterocycles. The van der Waals surface area contributed by atoms with Crippen molar-refractivity contribution in [3.8, 4) is 0 Å². The van der Waals surface area contributed by atoms with Crippen molar-refractivity contribution >= 4 is 48.7 Å². The number of nitrogens with zero attached hydrogens (tertiary/aromatic N) is 3. The van der Waals surface area contributed by atoms with Gasteiger partial charge in [0.1, 0.15) is 0 Å². The number of rotatable bonds is 6. The van der Waals surface area contributed by atoms with E-state index in [0.717, 1.165) is 52.1 Å². The van der Waals surface area contributed by atoms with E-state index in [1.165, 1.54) is 18.4 Å². The molecule has 1 saturated heterocycles. The van der Waals surface area contributed by atoms with E-state index in [-0.39, 0.29) is 0 Å². The van der Waals surface area contributed by atoms with Crippen LogP contribution in [0.2, 0.25) is 0 Å². The van der Waals surface area contributed by atoms with Crippen LogP contribution < -0.4 is 0 Å². The van der Waals surface area contributed by atoms with Crippen LogP contribution in [0.25, 0.3) is 11.0 Å². The fraction of sp³-hybridized carbons (Fsp3) is 0.480. The van der Waals surface area contributed by atoms with Crippen molar-refractivity contribution in [2.24, 2.45) is 5.92 Å². The van der Waals surface area contributed by atoms with Crippen molar-refractivity contribution in [2.75, 3.05) is 13.1 Å². The molecular formula is C25H30BrN3O2S2. The van der Waals surface area contributed by atoms with Gasteiger partial charge in [0.05, 0.1) is 15.9 Å². The average molecular weight is 549 g/mol. The van der Waals surface area contributed by atoms with E-state index >= 15 is 0 Å². The number of thioether (sulfide) groups is 1. The third-order valence-electron chi connectivity index (χ3n) is 6.86. The van der Waals surface area contributed by atoms with Crippen molar-refractivity contribution in [3.05, 3.63) is 52.5 Å². The Balaban J connectivity index is 1.48. The van der Waals surface area contributed by atoms with Gasteiger partial charge in [-0.1, -0.05) is 59.6 Å². The first-order valence-corrected chi connectivity index (χ1v) is 15.0. The Hall–Kier alpha value is -1.35. The topological polar surface area (TPSA) is 55.2 Å². The lowest BCUT2D eigenvalue weighted by molar-refractivity contribution is 0.281. The fourth-order valence-electron chi connectivity index (χ4n) is 5.08. The van der Waals surface area contributed by atoms with E-state index in [0.29, 0.717) is 29.9 Å². The Morgan fingerprint density at radius 3 is 2.55 bits per heavy atom. The molecule has 1 unspecified atom stereocenters. The van der Waals surface area contributed by atoms with Crippen molar-refractivity contribution < 1.29 is 8.42 Å². The molecule has 2 fully saturated rings. The first-order chi connectivity index (χ1) is 15.9. The predicted octanol–water partition coefficient (Wildman–Crippen LogP) is 6.63. The van der Waals surface area contributed by atoms with Gasteiger partial charge in [0.15, 0.2) is 5.16 Å². The number of sulfonamides is 1. The van der Waals surface area contributed by atoms with Crippen molar-refractivity contribution in [3.63, 3.8) is 0 Å². The summed E-state index contributed by atoms with van der Waals surface area (Å²) in [6.07, 6.45) is 6.80. The van der Waals surface area contributed by atoms with Gasteiger partial charge < -0.3 is 4.57 Å². The number of fused-ring (bicyclic) bond motifs is 1. The number of piperidine rings is 1. The number of hydrogen-bond acceptors (Lipinski definition) is 4. The molecule has 1 aromatic heterocycles. The van der Waals surface area contributed by atoms with Gasteiger partial charge in [-0.3, -0.25) is 0 Å². The molecule has 1 aliphatic carbocycles. The average Bonchev–Trinajstić information content (AvgIpc) is 3.45. The quantitative estimate of drug-likeness (QED) is 0.325. The molecule has 2 aliphatic rings. The zero-order valence-electron chi connectivity index (χ0n) is 18.9. The summed E-state index contributed by atoms with van der Waals surface area (Å²) in [5.41, 5.74) is 3.08. The maximum Gasteiger partial charge on any atom is 0.243 e. The minimum absolute atomic E-state index is 0.365. The monoisotopic (exact) mass is 547 g/mol. The Morgan fingerprint density at radius 2 is 1.82 bits per heavy atom. The van der Waals surface area contributed by atoms with Gasteiger partial charge in [-0.05, 0) is 67.5 Å². The molecule has 33 heavy (non-hydrogen) atoms. The van der Waals surface area contributed by atoms with Crippen LogP contribution in [-0.4, -0.2) is 35.4 Å². The predicted molar refractivity (Wildman–Crippen MR) is 138 cm³/mol. The zero-order valence-corrected chi connectivity index (χ0v) is 22.1. The maximum atomic E-state index is 13.3. The van der Waals surface area contributed by atoms with Gasteiger partial charge >= 0.3 is 0 Å². The summed E-state index contributed by atoms with van der Waals surface area (Å²) in [6, 6.07) is 14.4. The molecule has 0 radical (unpaired) electrons. The normalized spacial score (nSPS) is 20.6. The highest BCUT2D eigenvalue weighted by atomic mass is 79.9. The summed E-state index contributed by atoms with van der Waals surface area (Å²) in [6.45, 7) is 3.34. The maximum absolute atomic E-state index is 13.3. The number of halogens is 1. The lowest BCUT2D eigenvalue weighted by Gasteiger charge is -2.30. The van der Waals surface area contributed by atoms with Crippen LogP contribution in [0.4, 0.5) is 0 Å². The van der Waals surface area contributed by atoms with Gasteiger partial charge in [0.2, 0.25) is 10.0 Å². The number of imidazole rings is 1. The first-order valence-electron chi connectivity index (χ1n) is 11.8. The Kier molecular flexibility index (Phi) is 6.89. The highest BCUT2D eigenvalue weighted by Crippen LogP contribution is 2.38. The molecule has 5 rings (SSSR count). The summed E-state index contributed by atoms with van der Waals surface area (Å²) >= 11 is 5.24. The summed E-state index contributed by atoms with van der Waals surface area (Å²) in [5, 5.41) is 0.987. The second kappa shape index (κ2) is 9.72. The SMILES string of the molecule is CC1CCCN(S(=O)(=O)c2ccc3c(c2)nc(SCc2ccc(Br)cc2)n3C2CCCC2)C1. The molecule has 0 bridgehead atoms. The summed E-state index contributed by atoms with van der Waals surface area (Å²) in [5.74, 6) is 1.24. The van der Waals surface area contributed by atoms with Gasteiger partial charge in [-0.25, -0.2) is 13.4 Å². The van der Waals surface area contributed by atoms with Gasteiger partial charge in [-0.15, -0.1) is 0 Å². The van der Waals surface area contributed by atoms with Crippen LogP contribution >= 0.6 is 27.7 Å². The largest absolute Gasteiger partial charge is 0.316 e. The van der Waals surface area contributed by atoms with Gasteiger partial charge in [-0.2, -0.15) is 4.31 Å². The van der Waals surface area contributed by atoms with Crippen LogP contribution in [0.1, 0.15) is 57.1 Å². The van der Waals surface area contributed by atoms with Crippen molar-refractivity contribution in [1.29, 1.82) is 0 Å². The number of aromatic nitrogens is 2. The third-order valence-corrected chi connectivity index (χ3v) is 10.3. The molecular weight excluding hydrogens is 518 g/mol. The molecule has 0 amide bonds. The fourth-order valence-corrected chi connectivity index (χ4v) is 8.00. The van der Waals surface area contributed by atoms with E-state index in [4.69, 9.17) is 4.98 Å². The highest BCUT2D eigenvalue weighted by Gasteiger charge is 2.30. The standard InChI is InChI=1S/C25H30BrN3O2S2/c1-18-5-4-14-28(16-18)33(30,31)22-12-13-24-23(15-22)27-25(29(24)21-6-2-3-7-21)32-17-19-8-10-20(26)11-9-19/h8-13,15,18,21H,2-7,14,16-17H2,1H3. The van der Waals surface area contributed by atoms with Crippen LogP contribution in [0, 0.1) is 5.92 Å². The molecule has 1 saturated carbocycles. The smallest absolute Gasteiger partial charge is 0.243 e. The molecule has 1 atom stereocenters. The van der Waals surface area contributed by atoms with Gasteiger partial charge in [0.25, 0.3) is 0 Å².